The first-order chi connectivity index (χ1) is 8.22. The molecular formula is C13H8Cl2N2. The van der Waals surface area contributed by atoms with Crippen molar-refractivity contribution in [1.29, 1.82) is 0 Å². The summed E-state index contributed by atoms with van der Waals surface area (Å²) in [6.45, 7) is 0. The Balaban J connectivity index is 2.14. The number of benzene rings is 1. The number of aromatic nitrogens is 2. The van der Waals surface area contributed by atoms with Gasteiger partial charge < -0.3 is 4.40 Å². The minimum Gasteiger partial charge on any atom is -0.306 e. The molecule has 0 unspecified atom stereocenters. The minimum atomic E-state index is 0.686. The largest absolute Gasteiger partial charge is 0.306 e. The van der Waals surface area contributed by atoms with E-state index in [1.165, 1.54) is 0 Å². The van der Waals surface area contributed by atoms with Gasteiger partial charge in [0, 0.05) is 34.1 Å². The molecule has 0 fully saturated rings. The molecular weight excluding hydrogens is 255 g/mol. The highest BCUT2D eigenvalue weighted by atomic mass is 35.5. The molecule has 0 aliphatic carbocycles. The molecule has 0 spiro atoms. The monoisotopic (exact) mass is 262 g/mol. The Morgan fingerprint density at radius 2 is 1.71 bits per heavy atom. The normalized spacial score (nSPS) is 10.9. The molecule has 0 saturated carbocycles. The number of halogens is 2. The van der Waals surface area contributed by atoms with E-state index in [1.54, 1.807) is 0 Å². The fourth-order valence-electron chi connectivity index (χ4n) is 1.72. The lowest BCUT2D eigenvalue weighted by Crippen LogP contribution is -1.79. The standard InChI is InChI=1S/C13H8Cl2N2/c14-10-3-1-9(2-4-10)12-8-17-6-5-11(15)7-13(17)16-12/h1-8H. The Morgan fingerprint density at radius 1 is 0.941 bits per heavy atom. The highest BCUT2D eigenvalue weighted by Crippen LogP contribution is 2.22. The van der Waals surface area contributed by atoms with Crippen LogP contribution in [0.5, 0.6) is 0 Å². The zero-order valence-electron chi connectivity index (χ0n) is 8.77. The van der Waals surface area contributed by atoms with Gasteiger partial charge in [-0.3, -0.25) is 0 Å². The van der Waals surface area contributed by atoms with Gasteiger partial charge in [0.2, 0.25) is 0 Å². The molecule has 1 aromatic carbocycles. The summed E-state index contributed by atoms with van der Waals surface area (Å²) in [5, 5.41) is 1.41. The molecule has 2 heterocycles. The molecule has 0 amide bonds. The third kappa shape index (κ3) is 2.02. The van der Waals surface area contributed by atoms with Crippen LogP contribution < -0.4 is 0 Å². The Bertz CT molecular complexity index is 671. The second kappa shape index (κ2) is 4.06. The second-order valence-corrected chi connectivity index (χ2v) is 4.62. The van der Waals surface area contributed by atoms with Crippen LogP contribution in [0.4, 0.5) is 0 Å². The third-order valence-electron chi connectivity index (χ3n) is 2.56. The molecule has 17 heavy (non-hydrogen) atoms. The van der Waals surface area contributed by atoms with Crippen LogP contribution in [0.3, 0.4) is 0 Å². The minimum absolute atomic E-state index is 0.686. The van der Waals surface area contributed by atoms with Crippen LogP contribution in [0, 0.1) is 0 Å². The fraction of sp³-hybridized carbons (Fsp3) is 0. The number of nitrogens with zero attached hydrogens (tertiary/aromatic N) is 2. The maximum Gasteiger partial charge on any atom is 0.138 e. The number of rotatable bonds is 1. The molecule has 0 bridgehead atoms. The van der Waals surface area contributed by atoms with Gasteiger partial charge in [-0.05, 0) is 18.2 Å². The van der Waals surface area contributed by atoms with E-state index in [2.05, 4.69) is 4.98 Å². The van der Waals surface area contributed by atoms with Crippen molar-refractivity contribution < 1.29 is 0 Å². The topological polar surface area (TPSA) is 17.3 Å². The Labute approximate surface area is 108 Å². The molecule has 0 radical (unpaired) electrons. The van der Waals surface area contributed by atoms with Gasteiger partial charge in [-0.1, -0.05) is 35.3 Å². The van der Waals surface area contributed by atoms with Crippen LogP contribution in [-0.4, -0.2) is 9.38 Å². The molecule has 0 saturated heterocycles. The van der Waals surface area contributed by atoms with Gasteiger partial charge >= 0.3 is 0 Å². The van der Waals surface area contributed by atoms with E-state index >= 15 is 0 Å². The summed E-state index contributed by atoms with van der Waals surface area (Å²) >= 11 is 11.8. The number of hydrogen-bond acceptors (Lipinski definition) is 1. The van der Waals surface area contributed by atoms with Crippen LogP contribution in [0.15, 0.2) is 48.8 Å². The van der Waals surface area contributed by atoms with E-state index < -0.39 is 0 Å². The molecule has 2 nitrogen and oxygen atoms in total. The SMILES string of the molecule is Clc1ccc(-c2cn3ccc(Cl)cc3n2)cc1. The van der Waals surface area contributed by atoms with Crippen molar-refractivity contribution in [2.75, 3.05) is 0 Å². The van der Waals surface area contributed by atoms with E-state index in [-0.39, 0.29) is 0 Å². The first-order valence-electron chi connectivity index (χ1n) is 5.12. The van der Waals surface area contributed by atoms with Crippen molar-refractivity contribution in [3.63, 3.8) is 0 Å². The average Bonchev–Trinajstić information content (AvgIpc) is 2.72. The smallest absolute Gasteiger partial charge is 0.138 e. The summed E-state index contributed by atoms with van der Waals surface area (Å²) < 4.78 is 1.94. The van der Waals surface area contributed by atoms with E-state index in [0.717, 1.165) is 21.9 Å². The summed E-state index contributed by atoms with van der Waals surface area (Å²) in [6, 6.07) is 11.3. The lowest BCUT2D eigenvalue weighted by Gasteiger charge is -1.94. The number of hydrogen-bond donors (Lipinski definition) is 0. The van der Waals surface area contributed by atoms with E-state index in [1.807, 2.05) is 53.2 Å². The summed E-state index contributed by atoms with van der Waals surface area (Å²) in [6.07, 6.45) is 3.86. The zero-order valence-corrected chi connectivity index (χ0v) is 10.3. The molecule has 4 heteroatoms. The first-order valence-corrected chi connectivity index (χ1v) is 5.88. The van der Waals surface area contributed by atoms with Crippen molar-refractivity contribution in [2.45, 2.75) is 0 Å². The van der Waals surface area contributed by atoms with Crippen molar-refractivity contribution in [3.05, 3.63) is 58.8 Å². The van der Waals surface area contributed by atoms with Gasteiger partial charge in [-0.15, -0.1) is 0 Å². The van der Waals surface area contributed by atoms with Crippen molar-refractivity contribution in [1.82, 2.24) is 9.38 Å². The molecule has 0 atom stereocenters. The zero-order chi connectivity index (χ0) is 11.8. The van der Waals surface area contributed by atoms with E-state index in [9.17, 15) is 0 Å². The lowest BCUT2D eigenvalue weighted by atomic mass is 10.2. The second-order valence-electron chi connectivity index (χ2n) is 3.74. The Kier molecular flexibility index (Phi) is 2.54. The molecule has 2 aromatic heterocycles. The molecule has 84 valence electrons. The quantitative estimate of drug-likeness (QED) is 0.639. The highest BCUT2D eigenvalue weighted by molar-refractivity contribution is 6.31. The van der Waals surface area contributed by atoms with Crippen molar-refractivity contribution in [3.8, 4) is 11.3 Å². The van der Waals surface area contributed by atoms with Crippen molar-refractivity contribution in [2.24, 2.45) is 0 Å². The molecule has 0 aliphatic heterocycles. The fourth-order valence-corrected chi connectivity index (χ4v) is 2.00. The van der Waals surface area contributed by atoms with Crippen molar-refractivity contribution >= 4 is 28.8 Å². The molecule has 0 aliphatic rings. The van der Waals surface area contributed by atoms with Crippen LogP contribution in [0.2, 0.25) is 10.0 Å². The molecule has 3 rings (SSSR count). The average molecular weight is 263 g/mol. The van der Waals surface area contributed by atoms with Gasteiger partial charge in [0.1, 0.15) is 5.65 Å². The highest BCUT2D eigenvalue weighted by Gasteiger charge is 2.04. The predicted molar refractivity (Wildman–Crippen MR) is 70.6 cm³/mol. The van der Waals surface area contributed by atoms with Crippen LogP contribution in [0.25, 0.3) is 16.9 Å². The maximum atomic E-state index is 5.92. The third-order valence-corrected chi connectivity index (χ3v) is 3.05. The summed E-state index contributed by atoms with van der Waals surface area (Å²) in [7, 11) is 0. The first kappa shape index (κ1) is 10.6. The van der Waals surface area contributed by atoms with Crippen LogP contribution >= 0.6 is 23.2 Å². The maximum absolute atomic E-state index is 5.92. The number of fused-ring (bicyclic) bond motifs is 1. The summed E-state index contributed by atoms with van der Waals surface area (Å²) in [5.41, 5.74) is 2.78. The van der Waals surface area contributed by atoms with E-state index in [0.29, 0.717) is 5.02 Å². The Hall–Kier alpha value is -1.51. The lowest BCUT2D eigenvalue weighted by molar-refractivity contribution is 1.19. The summed E-state index contributed by atoms with van der Waals surface area (Å²) in [5.74, 6) is 0. The molecule has 3 aromatic rings. The van der Waals surface area contributed by atoms with Gasteiger partial charge in [0.25, 0.3) is 0 Å². The van der Waals surface area contributed by atoms with Gasteiger partial charge in [0.05, 0.1) is 5.69 Å². The van der Waals surface area contributed by atoms with Crippen LogP contribution in [-0.2, 0) is 0 Å². The van der Waals surface area contributed by atoms with Crippen LogP contribution in [0.1, 0.15) is 0 Å². The van der Waals surface area contributed by atoms with Gasteiger partial charge in [-0.25, -0.2) is 4.98 Å². The number of imidazole rings is 1. The predicted octanol–water partition coefficient (Wildman–Crippen LogP) is 4.31. The van der Waals surface area contributed by atoms with E-state index in [4.69, 9.17) is 23.2 Å². The Morgan fingerprint density at radius 3 is 2.47 bits per heavy atom. The summed E-state index contributed by atoms with van der Waals surface area (Å²) in [4.78, 5) is 4.51. The van der Waals surface area contributed by atoms with Gasteiger partial charge in [0.15, 0.2) is 0 Å². The van der Waals surface area contributed by atoms with Gasteiger partial charge in [-0.2, -0.15) is 0 Å². The molecule has 0 N–H and O–H groups in total. The number of pyridine rings is 1.